The first-order valence-electron chi connectivity index (χ1n) is 9.48. The third-order valence-corrected chi connectivity index (χ3v) is 4.80. The Kier molecular flexibility index (Phi) is 7.57. The summed E-state index contributed by atoms with van der Waals surface area (Å²) in [6.07, 6.45) is 0.860. The minimum atomic E-state index is -0.776. The van der Waals surface area contributed by atoms with E-state index >= 15 is 0 Å². The fourth-order valence-electron chi connectivity index (χ4n) is 3.06. The maximum Gasteiger partial charge on any atom is 0.332 e. The Labute approximate surface area is 164 Å². The maximum absolute atomic E-state index is 12.9. The van der Waals surface area contributed by atoms with Crippen LogP contribution in [0.5, 0.6) is 11.6 Å². The second-order valence-electron chi connectivity index (χ2n) is 6.50. The van der Waals surface area contributed by atoms with Gasteiger partial charge in [0.15, 0.2) is 0 Å². The Morgan fingerprint density at radius 2 is 1.86 bits per heavy atom. The smallest absolute Gasteiger partial charge is 0.332 e. The zero-order valence-corrected chi connectivity index (χ0v) is 16.9. The monoisotopic (exact) mass is 388 g/mol. The average Bonchev–Trinajstić information content (AvgIpc) is 2.68. The molecule has 0 atom stereocenters. The van der Waals surface area contributed by atoms with Crippen molar-refractivity contribution in [1.29, 1.82) is 0 Å². The maximum atomic E-state index is 12.9. The molecular formula is C20H28N4O4. The lowest BCUT2D eigenvalue weighted by atomic mass is 10.2. The molecule has 1 aromatic heterocycles. The van der Waals surface area contributed by atoms with E-state index in [9.17, 15) is 14.7 Å². The first kappa shape index (κ1) is 21.4. The van der Waals surface area contributed by atoms with Gasteiger partial charge in [-0.1, -0.05) is 0 Å². The molecule has 0 aliphatic rings. The number of nitrogens with one attached hydrogen (secondary N) is 2. The van der Waals surface area contributed by atoms with Gasteiger partial charge in [0.2, 0.25) is 0 Å². The minimum absolute atomic E-state index is 0.106. The molecule has 0 saturated carbocycles. The molecule has 1 aromatic carbocycles. The molecular weight excluding hydrogens is 360 g/mol. The second-order valence-corrected chi connectivity index (χ2v) is 6.50. The van der Waals surface area contributed by atoms with Crippen LogP contribution in [0, 0.1) is 0 Å². The van der Waals surface area contributed by atoms with Gasteiger partial charge in [-0.2, -0.15) is 0 Å². The van der Waals surface area contributed by atoms with Crippen LogP contribution in [-0.4, -0.2) is 48.6 Å². The number of H-pyrrole nitrogens is 1. The van der Waals surface area contributed by atoms with Crippen LogP contribution in [0.4, 0.5) is 0 Å². The summed E-state index contributed by atoms with van der Waals surface area (Å²) >= 11 is 0. The molecule has 0 radical (unpaired) electrons. The van der Waals surface area contributed by atoms with Crippen molar-refractivity contribution >= 4 is 5.71 Å². The Bertz CT molecular complexity index is 925. The summed E-state index contributed by atoms with van der Waals surface area (Å²) in [6.45, 7) is 9.51. The number of ether oxygens (including phenoxy) is 1. The van der Waals surface area contributed by atoms with Crippen molar-refractivity contribution in [2.24, 2.45) is 4.99 Å². The Morgan fingerprint density at radius 3 is 2.43 bits per heavy atom. The van der Waals surface area contributed by atoms with Crippen LogP contribution >= 0.6 is 0 Å². The summed E-state index contributed by atoms with van der Waals surface area (Å²) in [4.78, 5) is 32.6. The predicted octanol–water partition coefficient (Wildman–Crippen LogP) is -0.268. The number of aromatic nitrogens is 2. The lowest BCUT2D eigenvalue weighted by Gasteiger charge is -2.20. The molecule has 0 aliphatic heterocycles. The van der Waals surface area contributed by atoms with E-state index in [1.54, 1.807) is 31.2 Å². The number of aliphatic imine (C=N–C) groups is 1. The molecule has 0 aliphatic carbocycles. The number of nitrogens with zero attached hydrogens (tertiary/aromatic N) is 2. The van der Waals surface area contributed by atoms with E-state index < -0.39 is 17.1 Å². The second kappa shape index (κ2) is 9.89. The molecule has 0 amide bonds. The van der Waals surface area contributed by atoms with Crippen molar-refractivity contribution in [3.63, 3.8) is 0 Å². The zero-order valence-electron chi connectivity index (χ0n) is 16.9. The number of hydrogen-bond acceptors (Lipinski definition) is 5. The lowest BCUT2D eigenvalue weighted by Crippen LogP contribution is -3.11. The summed E-state index contributed by atoms with van der Waals surface area (Å²) in [5.41, 5.74) is -0.905. The van der Waals surface area contributed by atoms with E-state index in [1.165, 1.54) is 12.0 Å². The fourth-order valence-corrected chi connectivity index (χ4v) is 3.06. The van der Waals surface area contributed by atoms with E-state index in [-0.39, 0.29) is 5.56 Å². The van der Waals surface area contributed by atoms with Crippen LogP contribution in [0.3, 0.4) is 0 Å². The van der Waals surface area contributed by atoms with Crippen molar-refractivity contribution in [2.75, 3.05) is 33.3 Å². The zero-order chi connectivity index (χ0) is 20.7. The van der Waals surface area contributed by atoms with Gasteiger partial charge in [-0.25, -0.2) is 4.79 Å². The standard InChI is InChI=1S/C20H28N4O4/c1-5-23(6-2)13-7-12-21-14(3)17-18(25)22-20(27)24(19(17)26)15-8-10-16(28-4)11-9-15/h8-11,26H,5-7,12-13H2,1-4H3,(H,22,25,27). The van der Waals surface area contributed by atoms with E-state index in [0.717, 1.165) is 30.6 Å². The van der Waals surface area contributed by atoms with Gasteiger partial charge >= 0.3 is 5.69 Å². The number of benzene rings is 1. The van der Waals surface area contributed by atoms with Crippen LogP contribution in [0.2, 0.25) is 0 Å². The van der Waals surface area contributed by atoms with Crippen LogP contribution in [0.25, 0.3) is 5.69 Å². The van der Waals surface area contributed by atoms with Gasteiger partial charge in [0.05, 0.1) is 32.3 Å². The number of quaternary nitrogens is 1. The molecule has 28 heavy (non-hydrogen) atoms. The van der Waals surface area contributed by atoms with Gasteiger partial charge in [0.25, 0.3) is 5.56 Å². The Morgan fingerprint density at radius 1 is 1.21 bits per heavy atom. The summed E-state index contributed by atoms with van der Waals surface area (Å²) in [6, 6.07) is 6.46. The van der Waals surface area contributed by atoms with E-state index in [2.05, 4.69) is 23.8 Å². The highest BCUT2D eigenvalue weighted by Gasteiger charge is 2.12. The van der Waals surface area contributed by atoms with Gasteiger partial charge in [0, 0.05) is 24.4 Å². The molecule has 0 saturated heterocycles. The number of methoxy groups -OCH3 is 1. The van der Waals surface area contributed by atoms with Crippen molar-refractivity contribution in [3.8, 4) is 17.3 Å². The summed E-state index contributed by atoms with van der Waals surface area (Å²) in [7, 11) is 1.53. The summed E-state index contributed by atoms with van der Waals surface area (Å²) in [5.74, 6) is -0.0727. The quantitative estimate of drug-likeness (QED) is 0.456. The number of aromatic amines is 1. The molecule has 0 fully saturated rings. The first-order chi connectivity index (χ1) is 13.4. The molecule has 0 unspecified atom stereocenters. The normalized spacial score (nSPS) is 11.8. The fraction of sp³-hybridized carbons (Fsp3) is 0.450. The minimum Gasteiger partial charge on any atom is -0.859 e. The van der Waals surface area contributed by atoms with Crippen molar-refractivity contribution in [2.45, 2.75) is 27.2 Å². The van der Waals surface area contributed by atoms with E-state index in [0.29, 0.717) is 23.7 Å². The topological polar surface area (TPSA) is 104 Å². The molecule has 8 heteroatoms. The summed E-state index contributed by atoms with van der Waals surface area (Å²) in [5, 5.41) is 12.9. The van der Waals surface area contributed by atoms with E-state index in [1.807, 2.05) is 0 Å². The number of hydrogen-bond donors (Lipinski definition) is 2. The SMILES string of the molecule is CC[NH+](CC)CCCN=C(C)c1c([O-])n(-c2ccc(OC)cc2)c(=O)[nH]c1=O. The third kappa shape index (κ3) is 4.89. The Hall–Kier alpha value is -2.87. The molecule has 2 rings (SSSR count). The molecule has 0 bridgehead atoms. The van der Waals surface area contributed by atoms with Gasteiger partial charge in [-0.05, 0) is 50.9 Å². The largest absolute Gasteiger partial charge is 0.859 e. The molecule has 2 aromatic rings. The molecule has 1 heterocycles. The van der Waals surface area contributed by atoms with E-state index in [4.69, 9.17) is 4.74 Å². The average molecular weight is 388 g/mol. The van der Waals surface area contributed by atoms with Crippen molar-refractivity contribution < 1.29 is 14.7 Å². The van der Waals surface area contributed by atoms with Gasteiger partial charge in [-0.15, -0.1) is 0 Å². The molecule has 2 N–H and O–H groups in total. The van der Waals surface area contributed by atoms with Gasteiger partial charge in [0.1, 0.15) is 5.75 Å². The van der Waals surface area contributed by atoms with Crippen LogP contribution < -0.4 is 26.0 Å². The molecule has 0 spiro atoms. The summed E-state index contributed by atoms with van der Waals surface area (Å²) < 4.78 is 6.03. The molecule has 152 valence electrons. The third-order valence-electron chi connectivity index (χ3n) is 4.80. The van der Waals surface area contributed by atoms with Crippen LogP contribution in [0.1, 0.15) is 32.8 Å². The first-order valence-corrected chi connectivity index (χ1v) is 9.48. The molecule has 8 nitrogen and oxygen atoms in total. The highest BCUT2D eigenvalue weighted by molar-refractivity contribution is 6.00. The van der Waals surface area contributed by atoms with Crippen LogP contribution in [0.15, 0.2) is 38.8 Å². The lowest BCUT2D eigenvalue weighted by molar-refractivity contribution is -0.896. The number of rotatable bonds is 9. The predicted molar refractivity (Wildman–Crippen MR) is 107 cm³/mol. The van der Waals surface area contributed by atoms with Crippen molar-refractivity contribution in [1.82, 2.24) is 9.55 Å². The Balaban J connectivity index is 2.33. The van der Waals surface area contributed by atoms with Crippen LogP contribution in [-0.2, 0) is 0 Å². The van der Waals surface area contributed by atoms with Gasteiger partial charge < -0.3 is 14.7 Å². The van der Waals surface area contributed by atoms with Crippen molar-refractivity contribution in [3.05, 3.63) is 50.7 Å². The van der Waals surface area contributed by atoms with Gasteiger partial charge in [-0.3, -0.25) is 19.3 Å². The highest BCUT2D eigenvalue weighted by Crippen LogP contribution is 2.18. The highest BCUT2D eigenvalue weighted by atomic mass is 16.5.